The van der Waals surface area contributed by atoms with Crippen molar-refractivity contribution in [1.29, 1.82) is 5.26 Å². The smallest absolute Gasteiger partial charge is 0.355 e. The van der Waals surface area contributed by atoms with Crippen molar-refractivity contribution in [3.05, 3.63) is 77.5 Å². The van der Waals surface area contributed by atoms with Crippen LogP contribution in [0.5, 0.6) is 0 Å². The molecule has 2 heterocycles. The molecular weight excluding hydrogens is 326 g/mol. The number of nitriles is 1. The lowest BCUT2D eigenvalue weighted by Gasteiger charge is -2.06. The highest BCUT2D eigenvalue weighted by Gasteiger charge is 2.23. The molecule has 0 N–H and O–H groups in total. The highest BCUT2D eigenvalue weighted by molar-refractivity contribution is 5.95. The van der Waals surface area contributed by atoms with Crippen LogP contribution in [0.3, 0.4) is 0 Å². The minimum absolute atomic E-state index is 0.288. The molecule has 128 valence electrons. The van der Waals surface area contributed by atoms with E-state index < -0.39 is 5.97 Å². The molecule has 0 bridgehead atoms. The van der Waals surface area contributed by atoms with E-state index in [9.17, 15) is 10.1 Å². The maximum absolute atomic E-state index is 12.4. The molecule has 0 saturated heterocycles. The molecular formula is C21H17N3O2. The lowest BCUT2D eigenvalue weighted by molar-refractivity contribution is 0.0519. The highest BCUT2D eigenvalue weighted by Crippen LogP contribution is 2.28. The van der Waals surface area contributed by atoms with Gasteiger partial charge in [0, 0.05) is 6.54 Å². The van der Waals surface area contributed by atoms with Crippen molar-refractivity contribution < 1.29 is 9.53 Å². The first kappa shape index (κ1) is 16.0. The third-order valence-corrected chi connectivity index (χ3v) is 4.43. The Morgan fingerprint density at radius 3 is 2.46 bits per heavy atom. The Kier molecular flexibility index (Phi) is 3.94. The SMILES string of the molecule is CCOC(=O)c1cc(C#N)c2n(Cc3ccccc3)c3ccccc3n12. The lowest BCUT2D eigenvalue weighted by atomic mass is 10.2. The van der Waals surface area contributed by atoms with Crippen LogP contribution in [-0.4, -0.2) is 21.5 Å². The fourth-order valence-electron chi connectivity index (χ4n) is 3.37. The Morgan fingerprint density at radius 1 is 1.08 bits per heavy atom. The maximum atomic E-state index is 12.4. The van der Waals surface area contributed by atoms with E-state index in [1.165, 1.54) is 0 Å². The minimum atomic E-state index is -0.424. The van der Waals surface area contributed by atoms with Crippen molar-refractivity contribution in [3.8, 4) is 6.07 Å². The first-order chi connectivity index (χ1) is 12.7. The van der Waals surface area contributed by atoms with Gasteiger partial charge in [-0.25, -0.2) is 4.79 Å². The Morgan fingerprint density at radius 2 is 1.77 bits per heavy atom. The maximum Gasteiger partial charge on any atom is 0.355 e. The van der Waals surface area contributed by atoms with E-state index in [0.717, 1.165) is 16.6 Å². The van der Waals surface area contributed by atoms with Crippen LogP contribution in [0.4, 0.5) is 0 Å². The molecule has 0 aliphatic heterocycles. The molecule has 0 radical (unpaired) electrons. The summed E-state index contributed by atoms with van der Waals surface area (Å²) in [6.07, 6.45) is 0. The van der Waals surface area contributed by atoms with Crippen LogP contribution < -0.4 is 0 Å². The number of carbonyl (C=O) groups is 1. The van der Waals surface area contributed by atoms with Gasteiger partial charge in [0.1, 0.15) is 17.4 Å². The molecule has 2 aromatic carbocycles. The van der Waals surface area contributed by atoms with Gasteiger partial charge in [-0.2, -0.15) is 5.26 Å². The van der Waals surface area contributed by atoms with Gasteiger partial charge < -0.3 is 9.30 Å². The molecule has 0 aliphatic rings. The summed E-state index contributed by atoms with van der Waals surface area (Å²) in [5.74, 6) is -0.424. The van der Waals surface area contributed by atoms with Crippen molar-refractivity contribution in [2.45, 2.75) is 13.5 Å². The molecule has 5 heteroatoms. The predicted molar refractivity (Wildman–Crippen MR) is 99.1 cm³/mol. The predicted octanol–water partition coefficient (Wildman–Crippen LogP) is 3.99. The molecule has 4 aromatic rings. The number of benzene rings is 2. The summed E-state index contributed by atoms with van der Waals surface area (Å²) in [6, 6.07) is 21.7. The first-order valence-electron chi connectivity index (χ1n) is 8.48. The van der Waals surface area contributed by atoms with E-state index in [2.05, 4.69) is 10.6 Å². The van der Waals surface area contributed by atoms with Gasteiger partial charge >= 0.3 is 5.97 Å². The number of aromatic nitrogens is 2. The van der Waals surface area contributed by atoms with Crippen LogP contribution in [-0.2, 0) is 11.3 Å². The van der Waals surface area contributed by atoms with E-state index in [1.807, 2.05) is 59.0 Å². The number of carbonyl (C=O) groups excluding carboxylic acids is 1. The van der Waals surface area contributed by atoms with Gasteiger partial charge in [-0.3, -0.25) is 4.40 Å². The quantitative estimate of drug-likeness (QED) is 0.526. The largest absolute Gasteiger partial charge is 0.461 e. The second kappa shape index (κ2) is 6.41. The second-order valence-corrected chi connectivity index (χ2v) is 6.00. The Balaban J connectivity index is 2.04. The van der Waals surface area contributed by atoms with Crippen LogP contribution in [0.25, 0.3) is 16.7 Å². The highest BCUT2D eigenvalue weighted by atomic mass is 16.5. The van der Waals surface area contributed by atoms with Crippen LogP contribution in [0.15, 0.2) is 60.7 Å². The molecule has 0 saturated carbocycles. The zero-order valence-corrected chi connectivity index (χ0v) is 14.3. The fourth-order valence-corrected chi connectivity index (χ4v) is 3.37. The molecule has 0 atom stereocenters. The zero-order chi connectivity index (χ0) is 18.1. The van der Waals surface area contributed by atoms with Gasteiger partial charge in [-0.1, -0.05) is 42.5 Å². The van der Waals surface area contributed by atoms with E-state index in [-0.39, 0.29) is 6.61 Å². The summed E-state index contributed by atoms with van der Waals surface area (Å²) in [6.45, 7) is 2.67. The standard InChI is InChI=1S/C21H17N3O2/c1-2-26-21(25)19-12-16(13-22)20-23(14-15-8-4-3-5-9-15)17-10-6-7-11-18(17)24(19)20/h3-12H,2,14H2,1H3. The number of ether oxygens (including phenoxy) is 1. The number of rotatable bonds is 4. The van der Waals surface area contributed by atoms with Gasteiger partial charge in [0.2, 0.25) is 0 Å². The third-order valence-electron chi connectivity index (χ3n) is 4.43. The number of esters is 1. The van der Waals surface area contributed by atoms with Crippen molar-refractivity contribution in [2.24, 2.45) is 0 Å². The number of nitrogens with zero attached hydrogens (tertiary/aromatic N) is 3. The first-order valence-corrected chi connectivity index (χ1v) is 8.48. The van der Waals surface area contributed by atoms with Gasteiger partial charge in [0.15, 0.2) is 0 Å². The summed E-state index contributed by atoms with van der Waals surface area (Å²) in [5.41, 5.74) is 4.51. The monoisotopic (exact) mass is 343 g/mol. The lowest BCUT2D eigenvalue weighted by Crippen LogP contribution is -2.07. The van der Waals surface area contributed by atoms with Crippen molar-refractivity contribution in [3.63, 3.8) is 0 Å². The normalized spacial score (nSPS) is 10.9. The number of hydrogen-bond acceptors (Lipinski definition) is 3. The zero-order valence-electron chi connectivity index (χ0n) is 14.3. The van der Waals surface area contributed by atoms with E-state index in [4.69, 9.17) is 4.74 Å². The fraction of sp³-hybridized carbons (Fsp3) is 0.143. The summed E-state index contributed by atoms with van der Waals surface area (Å²) in [5, 5.41) is 9.65. The summed E-state index contributed by atoms with van der Waals surface area (Å²) in [4.78, 5) is 12.4. The van der Waals surface area contributed by atoms with Gasteiger partial charge in [-0.05, 0) is 30.7 Å². The average molecular weight is 343 g/mol. The number of fused-ring (bicyclic) bond motifs is 3. The molecule has 26 heavy (non-hydrogen) atoms. The number of hydrogen-bond donors (Lipinski definition) is 0. The summed E-state index contributed by atoms with van der Waals surface area (Å²) in [7, 11) is 0. The van der Waals surface area contributed by atoms with Crippen molar-refractivity contribution in [2.75, 3.05) is 6.61 Å². The van der Waals surface area contributed by atoms with E-state index in [1.54, 1.807) is 13.0 Å². The van der Waals surface area contributed by atoms with Crippen molar-refractivity contribution >= 4 is 22.6 Å². The molecule has 4 rings (SSSR count). The molecule has 0 unspecified atom stereocenters. The Labute approximate surface area is 150 Å². The van der Waals surface area contributed by atoms with Crippen molar-refractivity contribution in [1.82, 2.24) is 8.97 Å². The number of para-hydroxylation sites is 2. The molecule has 0 fully saturated rings. The van der Waals surface area contributed by atoms with Gasteiger partial charge in [0.25, 0.3) is 0 Å². The molecule has 0 aliphatic carbocycles. The third kappa shape index (κ3) is 2.44. The summed E-state index contributed by atoms with van der Waals surface area (Å²) >= 11 is 0. The van der Waals surface area contributed by atoms with Gasteiger partial charge in [0.05, 0.1) is 23.2 Å². The molecule has 0 amide bonds. The molecule has 2 aromatic heterocycles. The van der Waals surface area contributed by atoms with Crippen LogP contribution >= 0.6 is 0 Å². The number of imidazole rings is 1. The molecule has 0 spiro atoms. The average Bonchev–Trinajstić information content (AvgIpc) is 3.20. The molecule has 5 nitrogen and oxygen atoms in total. The topological polar surface area (TPSA) is 59.4 Å². The Bertz CT molecular complexity index is 1150. The summed E-state index contributed by atoms with van der Waals surface area (Å²) < 4.78 is 9.10. The second-order valence-electron chi connectivity index (χ2n) is 6.00. The Hall–Kier alpha value is -3.52. The van der Waals surface area contributed by atoms with Crippen LogP contribution in [0, 0.1) is 11.3 Å². The van der Waals surface area contributed by atoms with E-state index in [0.29, 0.717) is 23.4 Å². The van der Waals surface area contributed by atoms with Crippen LogP contribution in [0.1, 0.15) is 28.5 Å². The van der Waals surface area contributed by atoms with Crippen LogP contribution in [0.2, 0.25) is 0 Å². The minimum Gasteiger partial charge on any atom is -0.461 e. The van der Waals surface area contributed by atoms with Gasteiger partial charge in [-0.15, -0.1) is 0 Å². The van der Waals surface area contributed by atoms with E-state index >= 15 is 0 Å².